The molecule has 2 saturated heterocycles. The Hall–Kier alpha value is -2.84. The van der Waals surface area contributed by atoms with Crippen molar-refractivity contribution < 1.29 is 9.53 Å². The van der Waals surface area contributed by atoms with Crippen molar-refractivity contribution in [2.75, 3.05) is 50.8 Å². The third-order valence-corrected chi connectivity index (χ3v) is 8.37. The minimum atomic E-state index is -0.0913. The van der Waals surface area contributed by atoms with Crippen LogP contribution in [0.4, 0.5) is 10.5 Å². The summed E-state index contributed by atoms with van der Waals surface area (Å²) in [5, 5.41) is 7.61. The van der Waals surface area contributed by atoms with Crippen LogP contribution in [0, 0.1) is 5.92 Å². The van der Waals surface area contributed by atoms with E-state index in [1.54, 1.807) is 0 Å². The van der Waals surface area contributed by atoms with Gasteiger partial charge in [0.15, 0.2) is 0 Å². The maximum atomic E-state index is 12.4. The number of hydrogen-bond donors (Lipinski definition) is 1. The minimum Gasteiger partial charge on any atom is -0.373 e. The number of carbonyl (C=O) groups is 1. The quantitative estimate of drug-likeness (QED) is 0.586. The van der Waals surface area contributed by atoms with E-state index in [1.165, 1.54) is 16.8 Å². The number of rotatable bonds is 7. The highest BCUT2D eigenvalue weighted by atomic mass is 16.5. The lowest BCUT2D eigenvalue weighted by atomic mass is 9.80. The molecule has 206 valence electrons. The Morgan fingerprint density at radius 1 is 1.18 bits per heavy atom. The number of allylic oxidation sites excluding steroid dienone is 3. The second kappa shape index (κ2) is 11.1. The fourth-order valence-corrected chi connectivity index (χ4v) is 6.23. The lowest BCUT2D eigenvalue weighted by molar-refractivity contribution is -0.0616. The average Bonchev–Trinajstić information content (AvgIpc) is 3.54. The number of anilines is 1. The summed E-state index contributed by atoms with van der Waals surface area (Å²) in [4.78, 5) is 19.2. The molecule has 4 heterocycles. The molecule has 0 bridgehead atoms. The lowest BCUT2D eigenvalue weighted by Gasteiger charge is -2.37. The van der Waals surface area contributed by atoms with Gasteiger partial charge in [-0.05, 0) is 65.2 Å². The molecule has 2 fully saturated rings. The normalized spacial score (nSPS) is 24.6. The van der Waals surface area contributed by atoms with Crippen LogP contribution in [0.15, 0.2) is 42.8 Å². The molecule has 2 aliphatic heterocycles. The van der Waals surface area contributed by atoms with Gasteiger partial charge in [-0.25, -0.2) is 9.31 Å². The molecule has 8 heteroatoms. The van der Waals surface area contributed by atoms with E-state index in [-0.39, 0.29) is 17.7 Å². The Bertz CT molecular complexity index is 1190. The molecule has 8 nitrogen and oxygen atoms in total. The van der Waals surface area contributed by atoms with E-state index in [2.05, 4.69) is 77.5 Å². The Balaban J connectivity index is 1.29. The van der Waals surface area contributed by atoms with E-state index in [4.69, 9.17) is 4.74 Å². The van der Waals surface area contributed by atoms with Gasteiger partial charge in [0.05, 0.1) is 16.8 Å². The zero-order valence-corrected chi connectivity index (χ0v) is 23.7. The molecular formula is C30H44N6O2. The fourth-order valence-electron chi connectivity index (χ4n) is 6.23. The van der Waals surface area contributed by atoms with E-state index < -0.39 is 0 Å². The topological polar surface area (TPSA) is 65.3 Å². The summed E-state index contributed by atoms with van der Waals surface area (Å²) < 4.78 is 8.44. The molecule has 3 aliphatic rings. The van der Waals surface area contributed by atoms with Crippen LogP contribution in [0.2, 0.25) is 0 Å². The van der Waals surface area contributed by atoms with Crippen LogP contribution in [0.1, 0.15) is 53.0 Å². The predicted molar refractivity (Wildman–Crippen MR) is 154 cm³/mol. The maximum absolute atomic E-state index is 12.4. The van der Waals surface area contributed by atoms with Gasteiger partial charge in [-0.2, -0.15) is 5.10 Å². The minimum absolute atomic E-state index is 0.0273. The summed E-state index contributed by atoms with van der Waals surface area (Å²) in [5.74, 6) is 0.393. The number of piperazine rings is 1. The van der Waals surface area contributed by atoms with Crippen molar-refractivity contribution in [3.8, 4) is 0 Å². The number of amides is 2. The highest BCUT2D eigenvalue weighted by Crippen LogP contribution is 2.40. The van der Waals surface area contributed by atoms with Gasteiger partial charge in [-0.1, -0.05) is 18.2 Å². The molecule has 0 saturated carbocycles. The molecule has 1 aliphatic carbocycles. The predicted octanol–water partition coefficient (Wildman–Crippen LogP) is 4.42. The first-order valence-electron chi connectivity index (χ1n) is 14.3. The number of aromatic nitrogens is 2. The first-order valence-corrected chi connectivity index (χ1v) is 14.3. The van der Waals surface area contributed by atoms with Gasteiger partial charge in [-0.15, -0.1) is 0 Å². The molecule has 2 atom stereocenters. The molecule has 2 amide bonds. The summed E-state index contributed by atoms with van der Waals surface area (Å²) in [7, 11) is 0. The summed E-state index contributed by atoms with van der Waals surface area (Å²) in [6.45, 7) is 16.6. The zero-order valence-electron chi connectivity index (χ0n) is 23.7. The summed E-state index contributed by atoms with van der Waals surface area (Å²) in [5.41, 5.74) is 4.62. The molecule has 2 aromatic rings. The summed E-state index contributed by atoms with van der Waals surface area (Å²) >= 11 is 0. The van der Waals surface area contributed by atoms with E-state index in [1.807, 2.05) is 29.5 Å². The van der Waals surface area contributed by atoms with Gasteiger partial charge < -0.3 is 19.9 Å². The largest absolute Gasteiger partial charge is 0.373 e. The first kappa shape index (κ1) is 26.8. The van der Waals surface area contributed by atoms with Crippen LogP contribution in [-0.4, -0.2) is 89.0 Å². The number of urea groups is 1. The van der Waals surface area contributed by atoms with Crippen LogP contribution < -0.4 is 10.2 Å². The molecule has 0 aromatic carbocycles. The molecule has 1 N–H and O–H groups in total. The highest BCUT2D eigenvalue weighted by molar-refractivity contribution is 5.83. The van der Waals surface area contributed by atoms with Crippen LogP contribution in [0.3, 0.4) is 0 Å². The van der Waals surface area contributed by atoms with Crippen molar-refractivity contribution in [3.63, 3.8) is 0 Å². The van der Waals surface area contributed by atoms with Crippen molar-refractivity contribution in [3.05, 3.63) is 48.3 Å². The smallest absolute Gasteiger partial charge is 0.317 e. The zero-order chi connectivity index (χ0) is 26.9. The van der Waals surface area contributed by atoms with E-state index in [0.717, 1.165) is 51.1 Å². The third kappa shape index (κ3) is 5.34. The van der Waals surface area contributed by atoms with Gasteiger partial charge in [0.2, 0.25) is 0 Å². The van der Waals surface area contributed by atoms with Gasteiger partial charge in [0.1, 0.15) is 0 Å². The Morgan fingerprint density at radius 3 is 2.61 bits per heavy atom. The van der Waals surface area contributed by atoms with Gasteiger partial charge in [0.25, 0.3) is 0 Å². The second-order valence-electron chi connectivity index (χ2n) is 11.5. The first-order chi connectivity index (χ1) is 18.3. The number of hydrogen-bond acceptors (Lipinski definition) is 5. The Morgan fingerprint density at radius 2 is 1.97 bits per heavy atom. The molecule has 5 rings (SSSR count). The summed E-state index contributed by atoms with van der Waals surface area (Å²) in [6, 6.07) is 5.07. The molecule has 0 spiro atoms. The van der Waals surface area contributed by atoms with Crippen molar-refractivity contribution >= 4 is 22.8 Å². The number of fused-ring (bicyclic) bond motifs is 1. The Kier molecular flexibility index (Phi) is 7.82. The SMILES string of the molecule is CCO[C@@]1(C2C=CC(c3cc4c(N5CCN(C(=O)NC(C)C)CC5)ccnn4c3)=CC2)CCN(C(C)C)C1. The molecule has 0 radical (unpaired) electrons. The van der Waals surface area contributed by atoms with Crippen LogP contribution in [0.5, 0.6) is 0 Å². The molecule has 1 unspecified atom stereocenters. The number of carbonyl (C=O) groups excluding carboxylic acids is 1. The molecule has 2 aromatic heterocycles. The molecule has 38 heavy (non-hydrogen) atoms. The molecular weight excluding hydrogens is 476 g/mol. The number of likely N-dealkylation sites (tertiary alicyclic amines) is 1. The van der Waals surface area contributed by atoms with Crippen molar-refractivity contribution in [1.29, 1.82) is 0 Å². The van der Waals surface area contributed by atoms with Gasteiger partial charge in [0, 0.05) is 81.8 Å². The lowest BCUT2D eigenvalue weighted by Crippen LogP contribution is -2.53. The van der Waals surface area contributed by atoms with Gasteiger partial charge in [-0.3, -0.25) is 4.90 Å². The highest BCUT2D eigenvalue weighted by Gasteiger charge is 2.45. The maximum Gasteiger partial charge on any atom is 0.317 e. The van der Waals surface area contributed by atoms with Crippen LogP contribution in [0.25, 0.3) is 11.1 Å². The average molecular weight is 521 g/mol. The van der Waals surface area contributed by atoms with Crippen molar-refractivity contribution in [2.45, 2.75) is 65.1 Å². The van der Waals surface area contributed by atoms with Crippen molar-refractivity contribution in [1.82, 2.24) is 24.7 Å². The van der Waals surface area contributed by atoms with E-state index in [0.29, 0.717) is 25.0 Å². The number of ether oxygens (including phenoxy) is 1. The van der Waals surface area contributed by atoms with Gasteiger partial charge >= 0.3 is 6.03 Å². The third-order valence-electron chi connectivity index (χ3n) is 8.37. The van der Waals surface area contributed by atoms with E-state index in [9.17, 15) is 4.79 Å². The standard InChI is InChI=1S/C30H44N6O2/c1-6-38-30(12-14-35(21-30)23(4)5)26-9-7-24(8-10-26)25-19-28-27(11-13-31-36(28)20-25)33-15-17-34(18-16-33)29(37)32-22(2)3/h7-9,11,13,19-20,22-23,26H,6,10,12,14-18,21H2,1-5H3,(H,32,37)/t26?,30-/m0/s1. The number of nitrogens with zero attached hydrogens (tertiary/aromatic N) is 5. The summed E-state index contributed by atoms with van der Waals surface area (Å²) in [6.07, 6.45) is 13.1. The van der Waals surface area contributed by atoms with Crippen LogP contribution in [-0.2, 0) is 4.74 Å². The van der Waals surface area contributed by atoms with Crippen LogP contribution >= 0.6 is 0 Å². The monoisotopic (exact) mass is 520 g/mol. The Labute approximate surface area is 227 Å². The van der Waals surface area contributed by atoms with E-state index >= 15 is 0 Å². The second-order valence-corrected chi connectivity index (χ2v) is 11.5. The number of nitrogens with one attached hydrogen (secondary N) is 1. The fraction of sp³-hybridized carbons (Fsp3) is 0.600. The van der Waals surface area contributed by atoms with Crippen molar-refractivity contribution in [2.24, 2.45) is 5.92 Å².